The van der Waals surface area contributed by atoms with Gasteiger partial charge in [0.1, 0.15) is 0 Å². The van der Waals surface area contributed by atoms with E-state index in [4.69, 9.17) is 70.7 Å². The molecule has 19 aromatic carbocycles. The van der Waals surface area contributed by atoms with Gasteiger partial charge in [-0.05, 0) is 168 Å². The summed E-state index contributed by atoms with van der Waals surface area (Å²) in [7, 11) is 0. The first kappa shape index (κ1) is 79.1. The molecule has 0 amide bonds. The molecule has 9 aromatic heterocycles. The second kappa shape index (κ2) is 30.5. The molecule has 0 aliphatic rings. The Hall–Kier alpha value is -21.1. The molecule has 0 bridgehead atoms. The zero-order valence-corrected chi connectivity index (χ0v) is 72.4. The summed E-state index contributed by atoms with van der Waals surface area (Å²) in [5.41, 5.74) is 13.0. The normalized spacial score (nSPS) is 11.4. The summed E-state index contributed by atoms with van der Waals surface area (Å²) in [6.45, 7) is 78.0. The Morgan fingerprint density at radius 3 is 0.891 bits per heavy atom. The predicted molar refractivity (Wildman–Crippen MR) is 563 cm³/mol. The van der Waals surface area contributed by atoms with Gasteiger partial charge in [-0.15, -0.1) is 9.97 Å². The van der Waals surface area contributed by atoms with Crippen LogP contribution in [0.25, 0.3) is 287 Å². The lowest BCUT2D eigenvalue weighted by Gasteiger charge is -2.19. The Morgan fingerprint density at radius 2 is 0.493 bits per heavy atom. The van der Waals surface area contributed by atoms with E-state index in [0.717, 1.165) is 190 Å². The lowest BCUT2D eigenvalue weighted by molar-refractivity contribution is 1.23. The molecule has 0 radical (unpaired) electrons. The predicted octanol–water partition coefficient (Wildman–Crippen LogP) is 35.0. The quantitative estimate of drug-likeness (QED) is 0.111. The number of nitriles is 1. The summed E-state index contributed by atoms with van der Waals surface area (Å²) in [5.74, 6) is 0.0628. The minimum Gasteiger partial charge on any atom is -0.370 e. The van der Waals surface area contributed by atoms with Crippen LogP contribution in [0.1, 0.15) is 5.56 Å². The molecule has 17 nitrogen and oxygen atoms in total. The fourth-order valence-corrected chi connectivity index (χ4v) is 22.0. The monoisotopic (exact) mass is 1750 g/mol. The summed E-state index contributed by atoms with van der Waals surface area (Å²) in [5, 5.41) is 42.8. The van der Waals surface area contributed by atoms with Crippen molar-refractivity contribution in [1.29, 1.82) is 5.26 Å². The van der Waals surface area contributed by atoms with Crippen LogP contribution in [-0.2, 0) is 0 Å². The van der Waals surface area contributed by atoms with Crippen molar-refractivity contribution in [2.24, 2.45) is 0 Å². The molecule has 0 N–H and O–H groups in total. The maximum Gasteiger partial charge on any atom is 0.295 e. The summed E-state index contributed by atoms with van der Waals surface area (Å²) in [6, 6.07) is 116. The number of para-hydroxylation sites is 4. The smallest absolute Gasteiger partial charge is 0.295 e. The standard InChI is InChI=1S/C32H13N5.C31H14N4.C30H15N3.C28H13N5/c1-34-29-23(17-33)32-28(30(35-2)31(29)36-3)27-22-14-8-6-12-20(22)19-11-5-7-13-21(19)26(27)25-16-18-10-4-9-15-24(18)37(25)32;1-32-23-17-26-29(31(34-3)30(23)33-2)28-22-14-8-6-12-20(22)19-11-5-7-13-21(19)27(28)25-16-18-10-4-9-15-24(18)35(25)26;1-31-24-16-23-27(17-25(24)32-2)33-26-14-8-3-9-18(26)15-28(33)30-22-13-7-5-11-20(22)19-10-4-6-12-21(19)29(23)30;1-29-26-27(30-2)32-28-25(31-26)24-20-13-7-5-11-18(20)17-10-4-6-12-19(17)23(24)22-15-16-9-3-8-14-21(16)33(22)28/h4-16H;4-17H;3-17H;3-15H. The topological polar surface area (TPSA) is 111 Å². The van der Waals surface area contributed by atoms with Gasteiger partial charge in [-0.25, -0.2) is 0 Å². The molecule has 0 atom stereocenters. The minimum absolute atomic E-state index is 0.0287. The van der Waals surface area contributed by atoms with Crippen molar-refractivity contribution >= 4 is 296 Å². The fraction of sp³-hybridized carbons (Fsp3) is 0. The van der Waals surface area contributed by atoms with Crippen LogP contribution in [0.2, 0.25) is 0 Å². The second-order valence-corrected chi connectivity index (χ2v) is 33.8. The largest absolute Gasteiger partial charge is 0.370 e. The van der Waals surface area contributed by atoms with Gasteiger partial charge in [0, 0.05) is 75.8 Å². The number of aromatic nitrogens is 6. The molecule has 138 heavy (non-hydrogen) atoms. The first-order valence-electron chi connectivity index (χ1n) is 44.0. The zero-order chi connectivity index (χ0) is 93.1. The molecule has 0 saturated heterocycles. The number of fused-ring (bicyclic) bond motifs is 52. The van der Waals surface area contributed by atoms with Gasteiger partial charge in [0.2, 0.25) is 22.6 Å². The highest BCUT2D eigenvalue weighted by Crippen LogP contribution is 2.57. The maximum atomic E-state index is 10.4. The minimum atomic E-state index is -0.0699. The van der Waals surface area contributed by atoms with Crippen molar-refractivity contribution in [1.82, 2.24) is 27.6 Å². The van der Waals surface area contributed by atoms with E-state index in [0.29, 0.717) is 33.4 Å². The molecule has 28 aromatic rings. The Kier molecular flexibility index (Phi) is 17.5. The SMILES string of the molecule is [C-]#[N+]c1c([N+]#[C-])c(C#N)c2c(c1[N+]#[C-])c1c3ccccc3c3ccccc3c1c1cc3ccccc3n12.[C-]#[N+]c1cc2c(c([N+]#[C-])c1[N+]#[C-])c1c3ccccc3c3ccccc3c1c1cc3ccccc3n21.[C-]#[N+]c1cc2c3c4ccccc4c4ccccc4c3c3cc4ccccc4n3c2cc1[N+]#[C-].[C-]#[N+]c1nc2c3c4ccccc4c4ccccc4c3c3cc4ccccc4n3c2nc1[N+]#[C-]. The van der Waals surface area contributed by atoms with Crippen LogP contribution in [0.15, 0.2) is 334 Å². The van der Waals surface area contributed by atoms with E-state index in [1.165, 1.54) is 26.9 Å². The average molecular weight is 1750 g/mol. The second-order valence-electron chi connectivity index (χ2n) is 33.8. The molecule has 9 heterocycles. The van der Waals surface area contributed by atoms with E-state index < -0.39 is 0 Å². The van der Waals surface area contributed by atoms with E-state index in [1.807, 2.05) is 132 Å². The lowest BCUT2D eigenvalue weighted by atomic mass is 9.90. The number of nitrogens with zero attached hydrogens (tertiary/aromatic N) is 17. The van der Waals surface area contributed by atoms with Gasteiger partial charge in [-0.1, -0.05) is 286 Å². The third kappa shape index (κ3) is 11.0. The Morgan fingerprint density at radius 1 is 0.203 bits per heavy atom. The van der Waals surface area contributed by atoms with Crippen molar-refractivity contribution < 1.29 is 0 Å². The number of hydrogen-bond donors (Lipinski definition) is 0. The molecule has 0 aliphatic carbocycles. The van der Waals surface area contributed by atoms with E-state index in [2.05, 4.69) is 273 Å². The molecule has 28 rings (SSSR count). The van der Waals surface area contributed by atoms with Crippen molar-refractivity contribution in [3.8, 4) is 6.07 Å². The molecular formula is C121H55N17. The van der Waals surface area contributed by atoms with Gasteiger partial charge < -0.3 is 22.9 Å². The molecular weight excluding hydrogens is 1690 g/mol. The van der Waals surface area contributed by atoms with Crippen LogP contribution in [0, 0.1) is 77.1 Å². The number of pyridine rings is 4. The number of hydrogen-bond acceptors (Lipinski definition) is 3. The molecule has 0 spiro atoms. The number of rotatable bonds is 0. The van der Waals surface area contributed by atoms with Crippen molar-refractivity contribution in [2.75, 3.05) is 0 Å². The summed E-state index contributed by atoms with van der Waals surface area (Å²) >= 11 is 0. The molecule has 17 heteroatoms. The summed E-state index contributed by atoms with van der Waals surface area (Å²) in [4.78, 5) is 46.0. The van der Waals surface area contributed by atoms with Gasteiger partial charge in [0.05, 0.1) is 108 Å². The van der Waals surface area contributed by atoms with Crippen LogP contribution in [0.3, 0.4) is 0 Å². The van der Waals surface area contributed by atoms with Crippen molar-refractivity contribution in [3.05, 3.63) is 453 Å². The Labute approximate surface area is 783 Å². The first-order valence-corrected chi connectivity index (χ1v) is 44.0. The van der Waals surface area contributed by atoms with Crippen LogP contribution in [-0.4, -0.2) is 27.6 Å². The van der Waals surface area contributed by atoms with Crippen molar-refractivity contribution in [3.63, 3.8) is 0 Å². The van der Waals surface area contributed by atoms with E-state index in [9.17, 15) is 5.26 Å². The van der Waals surface area contributed by atoms with Gasteiger partial charge in [-0.3, -0.25) is 43.2 Å². The summed E-state index contributed by atoms with van der Waals surface area (Å²) in [6.07, 6.45) is 0. The third-order valence-electron chi connectivity index (χ3n) is 27.3. The van der Waals surface area contributed by atoms with E-state index in [1.54, 1.807) is 6.07 Å². The van der Waals surface area contributed by atoms with E-state index in [-0.39, 0.29) is 51.3 Å². The first-order chi connectivity index (χ1) is 68.1. The molecule has 0 saturated carbocycles. The maximum absolute atomic E-state index is 10.4. The van der Waals surface area contributed by atoms with Crippen LogP contribution in [0.4, 0.5) is 57.1 Å². The molecule has 0 unspecified atom stereocenters. The zero-order valence-electron chi connectivity index (χ0n) is 72.4. The average Bonchev–Trinajstić information content (AvgIpc) is 1.38. The molecule has 0 fully saturated rings. The van der Waals surface area contributed by atoms with Crippen LogP contribution in [0.5, 0.6) is 0 Å². The van der Waals surface area contributed by atoms with Gasteiger partial charge >= 0.3 is 0 Å². The van der Waals surface area contributed by atoms with Crippen LogP contribution >= 0.6 is 0 Å². The fourth-order valence-electron chi connectivity index (χ4n) is 22.0. The highest BCUT2D eigenvalue weighted by molar-refractivity contribution is 6.42. The van der Waals surface area contributed by atoms with Gasteiger partial charge in [0.15, 0.2) is 28.4 Å². The Balaban J connectivity index is 0.0000000976. The van der Waals surface area contributed by atoms with E-state index >= 15 is 0 Å². The highest BCUT2D eigenvalue weighted by atomic mass is 15.1. The van der Waals surface area contributed by atoms with Crippen LogP contribution < -0.4 is 0 Å². The molecule has 0 aliphatic heterocycles. The van der Waals surface area contributed by atoms with Gasteiger partial charge in [0.25, 0.3) is 17.3 Å². The lowest BCUT2D eigenvalue weighted by Crippen LogP contribution is -1.97. The summed E-state index contributed by atoms with van der Waals surface area (Å²) < 4.78 is 8.51. The Bertz CT molecular complexity index is 10900. The number of benzene rings is 19. The third-order valence-corrected chi connectivity index (χ3v) is 27.3. The molecule has 624 valence electrons. The van der Waals surface area contributed by atoms with Crippen molar-refractivity contribution in [2.45, 2.75) is 0 Å². The van der Waals surface area contributed by atoms with Gasteiger partial charge in [-0.2, -0.15) is 5.26 Å². The highest BCUT2D eigenvalue weighted by Gasteiger charge is 2.31.